The molecule has 0 saturated carbocycles. The first-order valence-electron chi connectivity index (χ1n) is 4.66. The molecule has 4 heteroatoms. The van der Waals surface area contributed by atoms with E-state index >= 15 is 0 Å². The van der Waals surface area contributed by atoms with Gasteiger partial charge < -0.3 is 0 Å². The smallest absolute Gasteiger partial charge is 0.131 e. The standard InChI is InChI=1S/C12H8Cl2FN/c13-5-8-3-9(7-16-6-8)11-4-10(14)1-2-12(11)15/h1-4,6-7H,5H2. The summed E-state index contributed by atoms with van der Waals surface area (Å²) in [5, 5.41) is 0.493. The molecule has 1 aromatic carbocycles. The Morgan fingerprint density at radius 2 is 2.00 bits per heavy atom. The first-order chi connectivity index (χ1) is 7.70. The summed E-state index contributed by atoms with van der Waals surface area (Å²) in [4.78, 5) is 4.01. The van der Waals surface area contributed by atoms with E-state index in [0.29, 0.717) is 22.0 Å². The van der Waals surface area contributed by atoms with Crippen LogP contribution in [0.3, 0.4) is 0 Å². The molecule has 0 amide bonds. The van der Waals surface area contributed by atoms with E-state index < -0.39 is 0 Å². The van der Waals surface area contributed by atoms with Crippen LogP contribution in [-0.4, -0.2) is 4.98 Å². The van der Waals surface area contributed by atoms with Crippen LogP contribution in [-0.2, 0) is 5.88 Å². The first-order valence-corrected chi connectivity index (χ1v) is 5.57. The average molecular weight is 256 g/mol. The van der Waals surface area contributed by atoms with Crippen molar-refractivity contribution in [2.24, 2.45) is 0 Å². The zero-order valence-electron chi connectivity index (χ0n) is 8.25. The van der Waals surface area contributed by atoms with Crippen LogP contribution >= 0.6 is 23.2 Å². The minimum Gasteiger partial charge on any atom is -0.264 e. The molecule has 0 saturated heterocycles. The summed E-state index contributed by atoms with van der Waals surface area (Å²) in [6.45, 7) is 0. The van der Waals surface area contributed by atoms with E-state index in [1.165, 1.54) is 12.1 Å². The topological polar surface area (TPSA) is 12.9 Å². The van der Waals surface area contributed by atoms with E-state index in [1.807, 2.05) is 0 Å². The van der Waals surface area contributed by atoms with Crippen molar-refractivity contribution in [2.75, 3.05) is 0 Å². The maximum atomic E-state index is 13.6. The number of alkyl halides is 1. The predicted octanol–water partition coefficient (Wildman–Crippen LogP) is 4.28. The van der Waals surface area contributed by atoms with Gasteiger partial charge in [0.15, 0.2) is 0 Å². The second kappa shape index (κ2) is 4.81. The number of nitrogens with zero attached hydrogens (tertiary/aromatic N) is 1. The van der Waals surface area contributed by atoms with Crippen molar-refractivity contribution in [3.8, 4) is 11.1 Å². The molecule has 0 aliphatic carbocycles. The lowest BCUT2D eigenvalue weighted by Gasteiger charge is -2.05. The van der Waals surface area contributed by atoms with Gasteiger partial charge in [0.25, 0.3) is 0 Å². The normalized spacial score (nSPS) is 10.4. The van der Waals surface area contributed by atoms with Crippen LogP contribution in [0.4, 0.5) is 4.39 Å². The van der Waals surface area contributed by atoms with Gasteiger partial charge in [0.1, 0.15) is 5.82 Å². The minimum absolute atomic E-state index is 0.321. The lowest BCUT2D eigenvalue weighted by Crippen LogP contribution is -1.88. The molecule has 0 radical (unpaired) electrons. The van der Waals surface area contributed by atoms with E-state index in [2.05, 4.69) is 4.98 Å². The predicted molar refractivity (Wildman–Crippen MR) is 64.2 cm³/mol. The van der Waals surface area contributed by atoms with Gasteiger partial charge in [0.05, 0.1) is 0 Å². The molecule has 0 atom stereocenters. The summed E-state index contributed by atoms with van der Waals surface area (Å²) >= 11 is 11.5. The van der Waals surface area contributed by atoms with Gasteiger partial charge in [-0.15, -0.1) is 11.6 Å². The van der Waals surface area contributed by atoms with Crippen molar-refractivity contribution in [1.82, 2.24) is 4.98 Å². The number of pyridine rings is 1. The third kappa shape index (κ3) is 2.34. The highest BCUT2D eigenvalue weighted by Crippen LogP contribution is 2.26. The molecule has 2 aromatic rings. The third-order valence-electron chi connectivity index (χ3n) is 2.19. The number of rotatable bonds is 2. The summed E-state index contributed by atoms with van der Waals surface area (Å²) in [6.07, 6.45) is 3.24. The van der Waals surface area contributed by atoms with Crippen molar-refractivity contribution in [3.63, 3.8) is 0 Å². The number of hydrogen-bond acceptors (Lipinski definition) is 1. The highest BCUT2D eigenvalue weighted by molar-refractivity contribution is 6.30. The first kappa shape index (κ1) is 11.4. The Morgan fingerprint density at radius 3 is 2.75 bits per heavy atom. The quantitative estimate of drug-likeness (QED) is 0.731. The van der Waals surface area contributed by atoms with Gasteiger partial charge in [-0.25, -0.2) is 4.39 Å². The fraction of sp³-hybridized carbons (Fsp3) is 0.0833. The Balaban J connectivity index is 2.53. The van der Waals surface area contributed by atoms with Crippen molar-refractivity contribution in [1.29, 1.82) is 0 Å². The highest BCUT2D eigenvalue weighted by Gasteiger charge is 2.06. The molecular formula is C12H8Cl2FN. The Bertz CT molecular complexity index is 514. The van der Waals surface area contributed by atoms with Crippen LogP contribution in [0.15, 0.2) is 36.7 Å². The molecule has 1 heterocycles. The summed E-state index contributed by atoms with van der Waals surface area (Å²) in [5.74, 6) is 0.0289. The Morgan fingerprint density at radius 1 is 1.19 bits per heavy atom. The van der Waals surface area contributed by atoms with Crippen molar-refractivity contribution in [3.05, 3.63) is 53.1 Å². The van der Waals surface area contributed by atoms with E-state index in [1.54, 1.807) is 24.5 Å². The maximum absolute atomic E-state index is 13.6. The zero-order valence-corrected chi connectivity index (χ0v) is 9.76. The molecule has 0 fully saturated rings. The summed E-state index contributed by atoms with van der Waals surface area (Å²) in [7, 11) is 0. The van der Waals surface area contributed by atoms with Crippen molar-refractivity contribution >= 4 is 23.2 Å². The molecule has 0 aliphatic heterocycles. The largest absolute Gasteiger partial charge is 0.264 e. The molecule has 1 aromatic heterocycles. The van der Waals surface area contributed by atoms with Gasteiger partial charge in [-0.05, 0) is 29.8 Å². The molecule has 0 bridgehead atoms. The van der Waals surface area contributed by atoms with Gasteiger partial charge in [0.2, 0.25) is 0 Å². The summed E-state index contributed by atoms with van der Waals surface area (Å²) < 4.78 is 13.6. The minimum atomic E-state index is -0.321. The van der Waals surface area contributed by atoms with Crippen LogP contribution in [0.5, 0.6) is 0 Å². The Hall–Kier alpha value is -1.12. The van der Waals surface area contributed by atoms with Gasteiger partial charge in [0, 0.05) is 34.4 Å². The summed E-state index contributed by atoms with van der Waals surface area (Å²) in [6, 6.07) is 6.23. The second-order valence-electron chi connectivity index (χ2n) is 3.34. The van der Waals surface area contributed by atoms with E-state index in [-0.39, 0.29) is 5.82 Å². The average Bonchev–Trinajstić information content (AvgIpc) is 2.32. The van der Waals surface area contributed by atoms with Gasteiger partial charge in [-0.2, -0.15) is 0 Å². The number of benzene rings is 1. The molecule has 82 valence electrons. The second-order valence-corrected chi connectivity index (χ2v) is 4.04. The number of halogens is 3. The number of aromatic nitrogens is 1. The molecular weight excluding hydrogens is 248 g/mol. The summed E-state index contributed by atoms with van der Waals surface area (Å²) in [5.41, 5.74) is 1.96. The number of hydrogen-bond donors (Lipinski definition) is 0. The molecule has 16 heavy (non-hydrogen) atoms. The van der Waals surface area contributed by atoms with Gasteiger partial charge in [-0.1, -0.05) is 11.6 Å². The van der Waals surface area contributed by atoms with E-state index in [4.69, 9.17) is 23.2 Å². The van der Waals surface area contributed by atoms with Crippen molar-refractivity contribution < 1.29 is 4.39 Å². The molecule has 1 nitrogen and oxygen atoms in total. The van der Waals surface area contributed by atoms with Crippen LogP contribution in [0.2, 0.25) is 5.02 Å². The molecule has 0 aliphatic rings. The zero-order chi connectivity index (χ0) is 11.5. The Labute approximate surface area is 103 Å². The van der Waals surface area contributed by atoms with Crippen LogP contribution in [0.25, 0.3) is 11.1 Å². The highest BCUT2D eigenvalue weighted by atomic mass is 35.5. The fourth-order valence-corrected chi connectivity index (χ4v) is 1.74. The molecule has 0 N–H and O–H groups in total. The lowest BCUT2D eigenvalue weighted by molar-refractivity contribution is 0.631. The van der Waals surface area contributed by atoms with Crippen LogP contribution < -0.4 is 0 Å². The van der Waals surface area contributed by atoms with Crippen LogP contribution in [0.1, 0.15) is 5.56 Å². The maximum Gasteiger partial charge on any atom is 0.131 e. The molecule has 2 rings (SSSR count). The van der Waals surface area contributed by atoms with Crippen molar-refractivity contribution in [2.45, 2.75) is 5.88 Å². The van der Waals surface area contributed by atoms with Gasteiger partial charge in [-0.3, -0.25) is 4.98 Å². The van der Waals surface area contributed by atoms with Gasteiger partial charge >= 0.3 is 0 Å². The van der Waals surface area contributed by atoms with Crippen LogP contribution in [0, 0.1) is 5.82 Å². The third-order valence-corrected chi connectivity index (χ3v) is 2.73. The molecule has 0 spiro atoms. The van der Waals surface area contributed by atoms with E-state index in [9.17, 15) is 4.39 Å². The fourth-order valence-electron chi connectivity index (χ4n) is 1.43. The SMILES string of the molecule is Fc1ccc(Cl)cc1-c1cncc(CCl)c1. The van der Waals surface area contributed by atoms with E-state index in [0.717, 1.165) is 5.56 Å². The molecule has 0 unspecified atom stereocenters. The Kier molecular flexibility index (Phi) is 3.42. The lowest BCUT2D eigenvalue weighted by atomic mass is 10.1. The monoisotopic (exact) mass is 255 g/mol.